The van der Waals surface area contributed by atoms with Crippen LogP contribution in [0.5, 0.6) is 0 Å². The van der Waals surface area contributed by atoms with Crippen LogP contribution in [-0.4, -0.2) is 135 Å². The number of carbonyl (C=O) groups is 2. The Kier molecular flexibility index (Phi) is 17.7. The molecule has 0 spiro atoms. The van der Waals surface area contributed by atoms with Crippen molar-refractivity contribution in [1.29, 1.82) is 0 Å². The molecule has 21 nitrogen and oxygen atoms in total. The highest BCUT2D eigenvalue weighted by Crippen LogP contribution is 2.54. The van der Waals surface area contributed by atoms with E-state index in [1.165, 1.54) is 18.2 Å². The van der Waals surface area contributed by atoms with Crippen LogP contribution >= 0.6 is 0 Å². The topological polar surface area (TPSA) is 342 Å². The first-order valence-electron chi connectivity index (χ1n) is 21.1. The number of benzene rings is 3. The van der Waals surface area contributed by atoms with Gasteiger partial charge in [-0.15, -0.1) is 0 Å². The number of hydrogen-bond donors (Lipinski definition) is 6. The molecule has 0 aliphatic carbocycles. The van der Waals surface area contributed by atoms with Crippen LogP contribution in [0.15, 0.2) is 77.4 Å². The first kappa shape index (κ1) is 57.7. The van der Waals surface area contributed by atoms with Crippen LogP contribution in [0.1, 0.15) is 97.7 Å². The Morgan fingerprint density at radius 2 is 1.30 bits per heavy atom. The summed E-state index contributed by atoms with van der Waals surface area (Å²) in [5.41, 5.74) is -0.0916. The van der Waals surface area contributed by atoms with E-state index in [4.69, 9.17) is 9.29 Å². The maximum Gasteiger partial charge on any atom is 0.338 e. The SMILES string of the molecule is C.Cc1cc(S(=O)(=O)O)cc2c3c(ccc12)N(CCCS(=O)(=O)O)C(=CC=CC=CC1=[N+](CCCS(=O)(=O)O)c2cc(C(=O)O)cc(C(=O)OCCCS(=O)(=O)O)c2C1(C)C)C3(C)CCCS(=O)(=O)O. The Morgan fingerprint density at radius 1 is 0.714 bits per heavy atom. The number of nitrogens with zero attached hydrogens (tertiary/aromatic N) is 2. The van der Waals surface area contributed by atoms with E-state index < -0.39 is 108 Å². The van der Waals surface area contributed by atoms with Crippen LogP contribution < -0.4 is 4.90 Å². The van der Waals surface area contributed by atoms with E-state index in [1.807, 2.05) is 0 Å². The Labute approximate surface area is 408 Å². The standard InChI is InChI=1S/C43H52N2O19S5.CH4/c1-28-24-30(69(61,62)63)27-32-31(28)14-15-34-39(32)43(4,16-8-20-65(49,50)51)37(44(34)17-9-21-66(52,53)54)13-7-5-6-12-36-42(2,3)38-33(41(48)64-19-11-23-68(58,59)60)25-29(40(46)47)26-35(38)45(36)18-10-22-67(55,56)57;/h5-7,12-15,24-27H,8-11,16-23H2,1-4H3,(H5-,46,47,49,50,51,52,53,54,55,56,57,58,59,60,61,62,63);1H4/p+1. The summed E-state index contributed by atoms with van der Waals surface area (Å²) in [4.78, 5) is 27.3. The van der Waals surface area contributed by atoms with E-state index in [-0.39, 0.29) is 75.0 Å². The van der Waals surface area contributed by atoms with Crippen LogP contribution in [0.25, 0.3) is 10.8 Å². The number of carboxylic acid groups (broad SMARTS) is 1. The third kappa shape index (κ3) is 13.9. The summed E-state index contributed by atoms with van der Waals surface area (Å²) in [6.45, 7) is 6.21. The van der Waals surface area contributed by atoms with Gasteiger partial charge in [0.25, 0.3) is 50.6 Å². The highest BCUT2D eigenvalue weighted by Gasteiger charge is 2.48. The van der Waals surface area contributed by atoms with E-state index in [1.54, 1.807) is 79.7 Å². The van der Waals surface area contributed by atoms with Gasteiger partial charge in [-0.05, 0) is 106 Å². The molecule has 0 fully saturated rings. The monoisotopic (exact) mass is 1080 g/mol. The molecular weight excluding hydrogens is 1020 g/mol. The lowest BCUT2D eigenvalue weighted by Crippen LogP contribution is -2.30. The number of carbonyl (C=O) groups excluding carboxylic acids is 1. The largest absolute Gasteiger partial charge is 0.478 e. The van der Waals surface area contributed by atoms with E-state index in [2.05, 4.69) is 0 Å². The second kappa shape index (κ2) is 21.4. The summed E-state index contributed by atoms with van der Waals surface area (Å²) in [5.74, 6) is -5.11. The molecule has 1 unspecified atom stereocenters. The zero-order chi connectivity index (χ0) is 51.7. The summed E-state index contributed by atoms with van der Waals surface area (Å²) in [5, 5.41) is 11.0. The van der Waals surface area contributed by atoms with Crippen LogP contribution in [0.2, 0.25) is 0 Å². The van der Waals surface area contributed by atoms with Gasteiger partial charge in [0.05, 0.1) is 56.6 Å². The molecule has 0 radical (unpaired) electrons. The van der Waals surface area contributed by atoms with Crippen LogP contribution in [0.3, 0.4) is 0 Å². The average molecular weight is 1080 g/mol. The zero-order valence-electron chi connectivity index (χ0n) is 37.8. The van der Waals surface area contributed by atoms with Gasteiger partial charge in [0.15, 0.2) is 5.71 Å². The molecule has 26 heteroatoms. The van der Waals surface area contributed by atoms with E-state index in [0.29, 0.717) is 39.0 Å². The van der Waals surface area contributed by atoms with Gasteiger partial charge < -0.3 is 14.7 Å². The van der Waals surface area contributed by atoms with E-state index in [9.17, 15) is 75.0 Å². The molecule has 0 saturated heterocycles. The van der Waals surface area contributed by atoms with Gasteiger partial charge in [-0.25, -0.2) is 9.59 Å². The van der Waals surface area contributed by atoms with Crippen molar-refractivity contribution in [2.45, 2.75) is 83.0 Å². The van der Waals surface area contributed by atoms with E-state index >= 15 is 0 Å². The molecule has 0 saturated carbocycles. The highest BCUT2D eigenvalue weighted by molar-refractivity contribution is 7.86. The summed E-state index contributed by atoms with van der Waals surface area (Å²) in [6, 6.07) is 8.38. The number of allylic oxidation sites excluding steroid dienone is 6. The van der Waals surface area contributed by atoms with E-state index in [0.717, 1.165) is 6.07 Å². The minimum absolute atomic E-state index is 0. The van der Waals surface area contributed by atoms with Crippen LogP contribution in [-0.2, 0) is 66.2 Å². The van der Waals surface area contributed by atoms with Gasteiger partial charge in [-0.3, -0.25) is 22.8 Å². The Bertz CT molecular complexity index is 3290. The summed E-state index contributed by atoms with van der Waals surface area (Å²) < 4.78 is 173. The van der Waals surface area contributed by atoms with Crippen molar-refractivity contribution in [3.63, 3.8) is 0 Å². The molecule has 0 amide bonds. The number of aromatic carboxylic acids is 1. The second-order valence-electron chi connectivity index (χ2n) is 17.4. The van der Waals surface area contributed by atoms with Gasteiger partial charge in [0, 0.05) is 41.9 Å². The fourth-order valence-electron chi connectivity index (χ4n) is 9.03. The quantitative estimate of drug-likeness (QED) is 0.0236. The molecule has 0 bridgehead atoms. The summed E-state index contributed by atoms with van der Waals surface area (Å²) in [7, 11) is -22.4. The Morgan fingerprint density at radius 3 is 1.89 bits per heavy atom. The predicted molar refractivity (Wildman–Crippen MR) is 262 cm³/mol. The molecule has 2 aliphatic rings. The first-order chi connectivity index (χ1) is 31.6. The van der Waals surface area contributed by atoms with Crippen molar-refractivity contribution in [3.8, 4) is 0 Å². The maximum atomic E-state index is 13.6. The molecule has 3 aromatic rings. The van der Waals surface area contributed by atoms with Gasteiger partial charge in [0.2, 0.25) is 5.69 Å². The van der Waals surface area contributed by atoms with Crippen molar-refractivity contribution >= 4 is 90.4 Å². The highest BCUT2D eigenvalue weighted by atomic mass is 32.2. The van der Waals surface area contributed by atoms with Gasteiger partial charge >= 0.3 is 11.9 Å². The van der Waals surface area contributed by atoms with Crippen LogP contribution in [0, 0.1) is 6.92 Å². The molecule has 70 heavy (non-hydrogen) atoms. The fraction of sp³-hybridized carbons (Fsp3) is 0.432. The molecule has 0 aromatic heterocycles. The number of ether oxygens (including phenoxy) is 1. The Balaban J connectivity index is 0.0000107. The molecule has 386 valence electrons. The summed E-state index contributed by atoms with van der Waals surface area (Å²) in [6.07, 6.45) is 7.36. The second-order valence-corrected chi connectivity index (χ2v) is 25.1. The first-order valence-corrected chi connectivity index (χ1v) is 29.0. The number of rotatable bonds is 22. The normalized spacial score (nSPS) is 18.0. The van der Waals surface area contributed by atoms with Gasteiger partial charge in [-0.1, -0.05) is 31.7 Å². The third-order valence-corrected chi connectivity index (χ3v) is 15.9. The van der Waals surface area contributed by atoms with Crippen molar-refractivity contribution in [2.75, 3.05) is 47.6 Å². The van der Waals surface area contributed by atoms with Crippen molar-refractivity contribution < 1.29 is 88.9 Å². The van der Waals surface area contributed by atoms with Crippen molar-refractivity contribution in [2.24, 2.45) is 0 Å². The Hall–Kier alpha value is -4.90. The fourth-order valence-corrected chi connectivity index (χ4v) is 11.6. The molecule has 1 atom stereocenters. The lowest BCUT2D eigenvalue weighted by molar-refractivity contribution is -0.437. The number of aryl methyl sites for hydroxylation is 1. The average Bonchev–Trinajstić information content (AvgIpc) is 3.56. The molecule has 5 rings (SSSR count). The molecule has 2 heterocycles. The predicted octanol–water partition coefficient (Wildman–Crippen LogP) is 5.54. The number of carboxylic acids is 1. The third-order valence-electron chi connectivity index (χ3n) is 11.9. The van der Waals surface area contributed by atoms with Gasteiger partial charge in [0.1, 0.15) is 6.54 Å². The minimum Gasteiger partial charge on any atom is -0.478 e. The molecule has 3 aromatic carbocycles. The van der Waals surface area contributed by atoms with Crippen molar-refractivity contribution in [1.82, 2.24) is 0 Å². The number of hydrogen-bond acceptors (Lipinski definition) is 14. The number of esters is 1. The zero-order valence-corrected chi connectivity index (χ0v) is 41.8. The maximum absolute atomic E-state index is 13.6. The van der Waals surface area contributed by atoms with Gasteiger partial charge in [-0.2, -0.15) is 46.7 Å². The molecular formula is C44H57N2O19S5+. The lowest BCUT2D eigenvalue weighted by Gasteiger charge is -2.31. The summed E-state index contributed by atoms with van der Waals surface area (Å²) >= 11 is 0. The number of fused-ring (bicyclic) bond motifs is 4. The lowest BCUT2D eigenvalue weighted by atomic mass is 9.75. The van der Waals surface area contributed by atoms with Crippen molar-refractivity contribution in [3.05, 3.63) is 100 Å². The van der Waals surface area contributed by atoms with Crippen LogP contribution in [0.4, 0.5) is 11.4 Å². The molecule has 6 N–H and O–H groups in total. The molecule has 2 aliphatic heterocycles. The number of anilines is 1. The minimum atomic E-state index is -4.73. The smallest absolute Gasteiger partial charge is 0.338 e.